The van der Waals surface area contributed by atoms with Crippen LogP contribution in [0.5, 0.6) is 0 Å². The van der Waals surface area contributed by atoms with Crippen LogP contribution < -0.4 is 5.73 Å². The van der Waals surface area contributed by atoms with E-state index in [1.807, 2.05) is 13.2 Å². The summed E-state index contributed by atoms with van der Waals surface area (Å²) in [5.41, 5.74) is 7.41. The molecule has 1 aliphatic carbocycles. The average Bonchev–Trinajstić information content (AvgIpc) is 3.04. The van der Waals surface area contributed by atoms with Gasteiger partial charge in [0.25, 0.3) is 0 Å². The summed E-state index contributed by atoms with van der Waals surface area (Å²) in [5, 5.41) is 10.4. The lowest BCUT2D eigenvalue weighted by Crippen LogP contribution is -2.14. The molecule has 2 unspecified atom stereocenters. The molecule has 0 radical (unpaired) electrons. The Balaban J connectivity index is 1.98. The van der Waals surface area contributed by atoms with Gasteiger partial charge in [0.1, 0.15) is 5.52 Å². The molecule has 1 aliphatic rings. The van der Waals surface area contributed by atoms with Gasteiger partial charge in [-0.05, 0) is 38.4 Å². The highest BCUT2D eigenvalue weighted by atomic mass is 32.2. The van der Waals surface area contributed by atoms with E-state index in [0.29, 0.717) is 28.5 Å². The van der Waals surface area contributed by atoms with E-state index in [9.17, 15) is 5.11 Å². The van der Waals surface area contributed by atoms with E-state index in [0.717, 1.165) is 24.9 Å². The Kier molecular flexibility index (Phi) is 3.55. The van der Waals surface area contributed by atoms with Crippen molar-refractivity contribution in [1.82, 2.24) is 19.5 Å². The van der Waals surface area contributed by atoms with Gasteiger partial charge in [0, 0.05) is 6.04 Å². The molecule has 0 spiro atoms. The lowest BCUT2D eigenvalue weighted by atomic mass is 10.0. The number of anilines is 1. The molecule has 3 rings (SSSR count). The number of hydrogen-bond acceptors (Lipinski definition) is 6. The van der Waals surface area contributed by atoms with Crippen molar-refractivity contribution in [3.63, 3.8) is 0 Å². The lowest BCUT2D eigenvalue weighted by Gasteiger charge is -2.15. The van der Waals surface area contributed by atoms with Crippen molar-refractivity contribution in [2.45, 2.75) is 43.5 Å². The Morgan fingerprint density at radius 2 is 2.25 bits per heavy atom. The third-order valence-corrected chi connectivity index (χ3v) is 4.68. The summed E-state index contributed by atoms with van der Waals surface area (Å²) >= 11 is 1.47. The van der Waals surface area contributed by atoms with Crippen LogP contribution in [0.4, 0.5) is 5.82 Å². The van der Waals surface area contributed by atoms with Gasteiger partial charge in [-0.2, -0.15) is 0 Å². The molecular formula is C13H19N5OS. The second kappa shape index (κ2) is 5.21. The molecule has 0 saturated heterocycles. The van der Waals surface area contributed by atoms with Crippen LogP contribution in [0, 0.1) is 5.92 Å². The highest BCUT2D eigenvalue weighted by Gasteiger charge is 2.30. The minimum Gasteiger partial charge on any atom is -0.393 e. The molecule has 2 aromatic rings. The predicted molar refractivity (Wildman–Crippen MR) is 79.6 cm³/mol. The summed E-state index contributed by atoms with van der Waals surface area (Å²) in [4.78, 5) is 13.1. The number of nitrogens with two attached hydrogens (primary N) is 1. The smallest absolute Gasteiger partial charge is 0.191 e. The average molecular weight is 293 g/mol. The zero-order valence-electron chi connectivity index (χ0n) is 11.7. The molecule has 3 atom stereocenters. The third-order valence-electron chi connectivity index (χ3n) is 4.13. The summed E-state index contributed by atoms with van der Waals surface area (Å²) in [6, 6.07) is 0.337. The molecule has 0 aromatic carbocycles. The molecule has 1 fully saturated rings. The SMILES string of the molecule is CSc1nc(N)c2ncn(C3CCC([C@H](C)O)C3)c2n1. The molecular weight excluding hydrogens is 274 g/mol. The number of imidazole rings is 1. The van der Waals surface area contributed by atoms with E-state index >= 15 is 0 Å². The van der Waals surface area contributed by atoms with Crippen LogP contribution in [0.25, 0.3) is 11.2 Å². The van der Waals surface area contributed by atoms with Gasteiger partial charge >= 0.3 is 0 Å². The summed E-state index contributed by atoms with van der Waals surface area (Å²) in [7, 11) is 0. The maximum Gasteiger partial charge on any atom is 0.191 e. The van der Waals surface area contributed by atoms with Crippen LogP contribution in [0.1, 0.15) is 32.2 Å². The zero-order valence-corrected chi connectivity index (χ0v) is 12.5. The fraction of sp³-hybridized carbons (Fsp3) is 0.615. The molecule has 2 heterocycles. The minimum atomic E-state index is -0.253. The van der Waals surface area contributed by atoms with Gasteiger partial charge in [0.15, 0.2) is 16.6 Å². The molecule has 6 nitrogen and oxygen atoms in total. The van der Waals surface area contributed by atoms with Crippen molar-refractivity contribution in [2.75, 3.05) is 12.0 Å². The van der Waals surface area contributed by atoms with Gasteiger partial charge in [-0.3, -0.25) is 0 Å². The van der Waals surface area contributed by atoms with E-state index in [1.165, 1.54) is 11.8 Å². The summed E-state index contributed by atoms with van der Waals surface area (Å²) < 4.78 is 2.09. The van der Waals surface area contributed by atoms with Crippen molar-refractivity contribution in [1.29, 1.82) is 0 Å². The van der Waals surface area contributed by atoms with E-state index in [-0.39, 0.29) is 6.10 Å². The lowest BCUT2D eigenvalue weighted by molar-refractivity contribution is 0.127. The summed E-state index contributed by atoms with van der Waals surface area (Å²) in [6.45, 7) is 1.87. The monoisotopic (exact) mass is 293 g/mol. The van der Waals surface area contributed by atoms with Crippen molar-refractivity contribution in [3.8, 4) is 0 Å². The first kappa shape index (κ1) is 13.6. The first-order valence-electron chi connectivity index (χ1n) is 6.82. The van der Waals surface area contributed by atoms with E-state index < -0.39 is 0 Å². The second-order valence-electron chi connectivity index (χ2n) is 5.39. The van der Waals surface area contributed by atoms with Crippen LogP contribution in [-0.2, 0) is 0 Å². The van der Waals surface area contributed by atoms with Crippen LogP contribution in [0.3, 0.4) is 0 Å². The first-order chi connectivity index (χ1) is 9.60. The van der Waals surface area contributed by atoms with Gasteiger partial charge in [-0.15, -0.1) is 0 Å². The normalized spacial score (nSPS) is 24.4. The Bertz CT molecular complexity index is 626. The molecule has 3 N–H and O–H groups in total. The van der Waals surface area contributed by atoms with Crippen LogP contribution in [0.2, 0.25) is 0 Å². The van der Waals surface area contributed by atoms with Crippen molar-refractivity contribution < 1.29 is 5.11 Å². The maximum absolute atomic E-state index is 9.73. The maximum atomic E-state index is 9.73. The number of hydrogen-bond donors (Lipinski definition) is 2. The zero-order chi connectivity index (χ0) is 14.3. The highest BCUT2D eigenvalue weighted by Crippen LogP contribution is 2.38. The molecule has 1 saturated carbocycles. The minimum absolute atomic E-state index is 0.253. The van der Waals surface area contributed by atoms with Crippen molar-refractivity contribution in [2.24, 2.45) is 5.92 Å². The van der Waals surface area contributed by atoms with Gasteiger partial charge in [0.2, 0.25) is 0 Å². The molecule has 0 amide bonds. The third kappa shape index (κ3) is 2.25. The van der Waals surface area contributed by atoms with Crippen LogP contribution >= 0.6 is 11.8 Å². The first-order valence-corrected chi connectivity index (χ1v) is 8.04. The van der Waals surface area contributed by atoms with Gasteiger partial charge in [0.05, 0.1) is 12.4 Å². The Hall–Kier alpha value is -1.34. The van der Waals surface area contributed by atoms with E-state index in [1.54, 1.807) is 6.33 Å². The van der Waals surface area contributed by atoms with Crippen LogP contribution in [0.15, 0.2) is 11.5 Å². The van der Waals surface area contributed by atoms with Gasteiger partial charge < -0.3 is 15.4 Å². The molecule has 108 valence electrons. The molecule has 7 heteroatoms. The topological polar surface area (TPSA) is 89.8 Å². The summed E-state index contributed by atoms with van der Waals surface area (Å²) in [6.07, 6.45) is 6.52. The molecule has 0 bridgehead atoms. The standard InChI is InChI=1S/C13H19N5OS/c1-7(19)8-3-4-9(5-8)18-6-15-10-11(14)16-13(20-2)17-12(10)18/h6-9,19H,3-5H2,1-2H3,(H2,14,16,17)/t7-,8?,9?/m0/s1. The van der Waals surface area contributed by atoms with E-state index in [4.69, 9.17) is 5.73 Å². The number of thioether (sulfide) groups is 1. The number of nitrogens with zero attached hydrogens (tertiary/aromatic N) is 4. The summed E-state index contributed by atoms with van der Waals surface area (Å²) in [5.74, 6) is 0.792. The molecule has 20 heavy (non-hydrogen) atoms. The highest BCUT2D eigenvalue weighted by molar-refractivity contribution is 7.98. The molecule has 0 aliphatic heterocycles. The van der Waals surface area contributed by atoms with Crippen molar-refractivity contribution in [3.05, 3.63) is 6.33 Å². The number of fused-ring (bicyclic) bond motifs is 1. The van der Waals surface area contributed by atoms with E-state index in [2.05, 4.69) is 19.5 Å². The van der Waals surface area contributed by atoms with Gasteiger partial charge in [-0.1, -0.05) is 11.8 Å². The Morgan fingerprint density at radius 3 is 2.90 bits per heavy atom. The fourth-order valence-electron chi connectivity index (χ4n) is 2.96. The Morgan fingerprint density at radius 1 is 1.45 bits per heavy atom. The number of aromatic nitrogens is 4. The number of aliphatic hydroxyl groups excluding tert-OH is 1. The largest absolute Gasteiger partial charge is 0.393 e. The van der Waals surface area contributed by atoms with Crippen LogP contribution in [-0.4, -0.2) is 37.0 Å². The number of nitrogen functional groups attached to an aromatic ring is 1. The quantitative estimate of drug-likeness (QED) is 0.663. The van der Waals surface area contributed by atoms with Crippen molar-refractivity contribution >= 4 is 28.7 Å². The predicted octanol–water partition coefficient (Wildman–Crippen LogP) is 1.85. The fourth-order valence-corrected chi connectivity index (χ4v) is 3.33. The molecule has 2 aromatic heterocycles. The van der Waals surface area contributed by atoms with Gasteiger partial charge in [-0.25, -0.2) is 15.0 Å². The number of rotatable bonds is 3. The Labute approximate surface area is 121 Å². The number of aliphatic hydroxyl groups is 1. The second-order valence-corrected chi connectivity index (χ2v) is 6.16.